The zero-order valence-electron chi connectivity index (χ0n) is 50.7. The van der Waals surface area contributed by atoms with Crippen molar-refractivity contribution in [3.8, 4) is 68.4 Å². The summed E-state index contributed by atoms with van der Waals surface area (Å²) in [5.41, 5.74) is 15.9. The number of methoxy groups -OCH3 is 2. The number of aromatic nitrogens is 8. The second-order valence-corrected chi connectivity index (χ2v) is 23.8. The summed E-state index contributed by atoms with van der Waals surface area (Å²) < 4.78 is 27.5. The molecule has 19 rings (SSSR count). The van der Waals surface area contributed by atoms with E-state index >= 15 is 0 Å². The zero-order chi connectivity index (χ0) is 61.4. The largest absolute Gasteiger partial charge is 0.497 e. The Morgan fingerprint density at radius 3 is 0.914 bits per heavy atom. The lowest BCUT2D eigenvalue weighted by atomic mass is 10.0. The van der Waals surface area contributed by atoms with Gasteiger partial charge in [0.1, 0.15) is 44.9 Å². The highest BCUT2D eigenvalue weighted by Gasteiger charge is 2.41. The molecule has 0 N–H and O–H groups in total. The second-order valence-electron chi connectivity index (χ2n) is 23.8. The van der Waals surface area contributed by atoms with Crippen molar-refractivity contribution in [2.45, 2.75) is 0 Å². The average Bonchev–Trinajstić information content (AvgIpc) is 1.61. The lowest BCUT2D eigenvalue weighted by Crippen LogP contribution is -2.51. The van der Waals surface area contributed by atoms with Crippen molar-refractivity contribution in [2.75, 3.05) is 14.2 Å². The molecule has 93 heavy (non-hydrogen) atoms. The molecule has 10 nitrogen and oxygen atoms in total. The predicted octanol–water partition coefficient (Wildman–Crippen LogP) is 19.6. The van der Waals surface area contributed by atoms with E-state index in [1.165, 1.54) is 0 Å². The topological polar surface area (TPSA) is 72.8 Å². The van der Waals surface area contributed by atoms with Crippen LogP contribution in [-0.2, 0) is 0 Å². The average molecular weight is 1200 g/mol. The second kappa shape index (κ2) is 20.5. The molecule has 0 fully saturated rings. The number of pyridine rings is 1. The minimum atomic E-state index is 0.590. The zero-order valence-corrected chi connectivity index (χ0v) is 50.7. The third kappa shape index (κ3) is 7.66. The van der Waals surface area contributed by atoms with Crippen LogP contribution in [0.5, 0.6) is 11.5 Å². The smallest absolute Gasteiger partial charge is 0.282 e. The van der Waals surface area contributed by atoms with Crippen LogP contribution in [0.15, 0.2) is 297 Å². The van der Waals surface area contributed by atoms with Crippen LogP contribution in [-0.4, -0.2) is 47.1 Å². The fourth-order valence-corrected chi connectivity index (χ4v) is 15.0. The number of ether oxygens (including phenoxy) is 2. The van der Waals surface area contributed by atoms with Gasteiger partial charge in [0.2, 0.25) is 0 Å². The van der Waals surface area contributed by atoms with Gasteiger partial charge in [-0.3, -0.25) is 0 Å². The number of nitrogens with zero attached hydrogens (tertiary/aromatic N) is 8. The maximum absolute atomic E-state index is 6.17. The monoisotopic (exact) mass is 1200 g/mol. The molecule has 0 aliphatic rings. The quantitative estimate of drug-likeness (QED) is 0.128. The molecule has 0 aliphatic heterocycles. The van der Waals surface area contributed by atoms with Crippen LogP contribution in [0.1, 0.15) is 0 Å². The van der Waals surface area contributed by atoms with Crippen molar-refractivity contribution in [3.05, 3.63) is 297 Å². The van der Waals surface area contributed by atoms with Crippen molar-refractivity contribution in [1.82, 2.24) is 32.9 Å². The summed E-state index contributed by atoms with van der Waals surface area (Å²) in [6.07, 6.45) is 0. The molecule has 0 aliphatic carbocycles. The van der Waals surface area contributed by atoms with Gasteiger partial charge in [0.05, 0.1) is 64.3 Å². The Morgan fingerprint density at radius 1 is 0.269 bits per heavy atom. The van der Waals surface area contributed by atoms with E-state index in [9.17, 15) is 0 Å². The van der Waals surface area contributed by atoms with Crippen LogP contribution in [0.25, 0.3) is 166 Å². The number of fused-ring (bicyclic) bond motifs is 15. The molecule has 438 valence electrons. The molecule has 0 saturated heterocycles. The fraction of sp³-hybridized carbons (Fsp3) is 0.0241. The van der Waals surface area contributed by atoms with Gasteiger partial charge in [0, 0.05) is 65.0 Å². The van der Waals surface area contributed by atoms with E-state index in [-0.39, 0.29) is 0 Å². The van der Waals surface area contributed by atoms with E-state index < -0.39 is 0 Å². The van der Waals surface area contributed by atoms with Gasteiger partial charge < -0.3 is 18.6 Å². The summed E-state index contributed by atoms with van der Waals surface area (Å²) in [5.74, 6) is 3.73. The highest BCUT2D eigenvalue weighted by atomic mass is 16.5. The van der Waals surface area contributed by atoms with E-state index in [1.54, 1.807) is 14.2 Å². The van der Waals surface area contributed by atoms with Crippen LogP contribution >= 0.6 is 0 Å². The van der Waals surface area contributed by atoms with Crippen LogP contribution < -0.4 is 14.1 Å². The summed E-state index contributed by atoms with van der Waals surface area (Å²) >= 11 is 0. The minimum Gasteiger partial charge on any atom is -0.497 e. The highest BCUT2D eigenvalue weighted by molar-refractivity contribution is 6.16. The molecule has 0 unspecified atom stereocenters. The SMILES string of the molecule is COc1ccc2c(c1)c1cc(OC)ccc1n2-[n+]1c(-n2c3ccccc3c3ccccc32)c(-n2c3ccccc3c3ccccc32)c(-c2cc(-c3ccccc3)nc(-c3ccccc3)n2)c(-n2c3ccccc3c3ccccc32)c1-n1c2ccccc2c2ccccc21. The third-order valence-electron chi connectivity index (χ3n) is 18.9. The van der Waals surface area contributed by atoms with Crippen LogP contribution in [0, 0.1) is 0 Å². The van der Waals surface area contributed by atoms with E-state index in [0.717, 1.165) is 166 Å². The number of hydrogen-bond acceptors (Lipinski definition) is 4. The first-order chi connectivity index (χ1) is 46.1. The number of benzene rings is 12. The van der Waals surface area contributed by atoms with Crippen molar-refractivity contribution in [1.29, 1.82) is 0 Å². The minimum absolute atomic E-state index is 0.590. The standard InChI is InChI=1S/C83H55N8O2/c1-92-54-45-47-76-64(49-54)65-50-55(93-2)46-48-77(65)90(76)91-82(88-72-41-21-13-33-60(72)61-34-14-22-42-73(61)88)79(86-68-37-17-9-29-56(68)57-30-10-18-38-69(57)86)78(67-51-66(52-25-5-3-6-26-52)84-81(85-67)53-27-7-4-8-28-53)80(87-70-39-19-11-31-58(70)59-32-12-20-40-71(59)87)83(91)89-74-43-23-15-35-62(74)63-36-16-24-44-75(63)89/h3-51H,1-2H3/q+1. The molecule has 0 amide bonds. The van der Waals surface area contributed by atoms with E-state index in [2.05, 4.69) is 325 Å². The van der Waals surface area contributed by atoms with E-state index in [1.807, 2.05) is 0 Å². The lowest BCUT2D eigenvalue weighted by molar-refractivity contribution is -0.708. The van der Waals surface area contributed by atoms with Crippen molar-refractivity contribution in [2.24, 2.45) is 0 Å². The molecule has 0 atom stereocenters. The predicted molar refractivity (Wildman–Crippen MR) is 379 cm³/mol. The van der Waals surface area contributed by atoms with Gasteiger partial charge >= 0.3 is 0 Å². The Morgan fingerprint density at radius 2 is 0.570 bits per heavy atom. The normalized spacial score (nSPS) is 12.0. The van der Waals surface area contributed by atoms with Crippen LogP contribution in [0.2, 0.25) is 0 Å². The molecular formula is C83H55N8O2+. The molecule has 10 heteroatoms. The maximum Gasteiger partial charge on any atom is 0.282 e. The maximum atomic E-state index is 6.17. The van der Waals surface area contributed by atoms with Gasteiger partial charge in [0.25, 0.3) is 11.6 Å². The Balaban J connectivity index is 1.21. The Labute approximate surface area is 533 Å². The molecule has 7 aromatic heterocycles. The van der Waals surface area contributed by atoms with Crippen LogP contribution in [0.3, 0.4) is 0 Å². The molecule has 0 saturated carbocycles. The summed E-state index contributed by atoms with van der Waals surface area (Å²) in [7, 11) is 3.48. The molecule has 19 aromatic rings. The molecular weight excluding hydrogens is 1140 g/mol. The molecule has 0 radical (unpaired) electrons. The van der Waals surface area contributed by atoms with E-state index in [4.69, 9.17) is 19.4 Å². The number of rotatable bonds is 10. The highest BCUT2D eigenvalue weighted by Crippen LogP contribution is 2.50. The summed E-state index contributed by atoms with van der Waals surface area (Å²) in [6.45, 7) is 0. The first-order valence-corrected chi connectivity index (χ1v) is 31.4. The first kappa shape index (κ1) is 52.4. The number of hydrogen-bond donors (Lipinski definition) is 0. The van der Waals surface area contributed by atoms with Crippen molar-refractivity contribution in [3.63, 3.8) is 0 Å². The van der Waals surface area contributed by atoms with Gasteiger partial charge in [-0.25, -0.2) is 19.1 Å². The van der Waals surface area contributed by atoms with E-state index in [0.29, 0.717) is 11.5 Å². The van der Waals surface area contributed by atoms with Gasteiger partial charge in [-0.05, 0) is 91.0 Å². The third-order valence-corrected chi connectivity index (χ3v) is 18.9. The molecule has 0 bridgehead atoms. The first-order valence-electron chi connectivity index (χ1n) is 31.4. The Hall–Kier alpha value is -12.5. The Bertz CT molecular complexity index is 5700. The van der Waals surface area contributed by atoms with Crippen LogP contribution in [0.4, 0.5) is 0 Å². The number of para-hydroxylation sites is 8. The van der Waals surface area contributed by atoms with Gasteiger partial charge in [0.15, 0.2) is 5.82 Å². The summed E-state index contributed by atoms with van der Waals surface area (Å²) in [4.78, 5) is 11.7. The Kier molecular flexibility index (Phi) is 11.6. The van der Waals surface area contributed by atoms with Gasteiger partial charge in [-0.2, -0.15) is 4.68 Å². The van der Waals surface area contributed by atoms with Gasteiger partial charge in [-0.1, -0.05) is 206 Å². The molecule has 0 spiro atoms. The molecule has 7 heterocycles. The summed E-state index contributed by atoms with van der Waals surface area (Å²) in [5, 5.41) is 10.8. The summed E-state index contributed by atoms with van der Waals surface area (Å²) in [6, 6.07) is 107. The van der Waals surface area contributed by atoms with Gasteiger partial charge in [-0.15, -0.1) is 4.68 Å². The van der Waals surface area contributed by atoms with Crippen molar-refractivity contribution >= 4 is 109 Å². The van der Waals surface area contributed by atoms with Crippen molar-refractivity contribution < 1.29 is 14.1 Å². The molecule has 12 aromatic carbocycles. The lowest BCUT2D eigenvalue weighted by Gasteiger charge is -2.28. The fourth-order valence-electron chi connectivity index (χ4n) is 15.0.